The van der Waals surface area contributed by atoms with Crippen LogP contribution in [0.25, 0.3) is 0 Å². The zero-order chi connectivity index (χ0) is 9.80. The highest BCUT2D eigenvalue weighted by molar-refractivity contribution is 5.21. The third-order valence-corrected chi connectivity index (χ3v) is 2.88. The molecule has 0 aromatic heterocycles. The van der Waals surface area contributed by atoms with E-state index in [1.54, 1.807) is 0 Å². The minimum atomic E-state index is 0.266. The van der Waals surface area contributed by atoms with E-state index in [-0.39, 0.29) is 6.23 Å². The first-order valence-corrected chi connectivity index (χ1v) is 5.59. The van der Waals surface area contributed by atoms with Crippen LogP contribution in [-0.2, 0) is 4.74 Å². The minimum Gasteiger partial charge on any atom is -0.364 e. The molecule has 0 saturated carbocycles. The summed E-state index contributed by atoms with van der Waals surface area (Å²) in [5.41, 5.74) is 2.81. The van der Waals surface area contributed by atoms with E-state index in [0.717, 1.165) is 19.4 Å². The maximum Gasteiger partial charge on any atom is 0.127 e. The number of hydrogen-bond acceptors (Lipinski definition) is 2. The summed E-state index contributed by atoms with van der Waals surface area (Å²) in [6.45, 7) is 3.10. The van der Waals surface area contributed by atoms with Crippen molar-refractivity contribution in [1.82, 2.24) is 5.32 Å². The van der Waals surface area contributed by atoms with E-state index in [0.29, 0.717) is 0 Å². The van der Waals surface area contributed by atoms with E-state index in [2.05, 4.69) is 24.4 Å². The summed E-state index contributed by atoms with van der Waals surface area (Å²) in [5.74, 6) is 0. The van der Waals surface area contributed by atoms with Gasteiger partial charge in [-0.2, -0.15) is 0 Å². The van der Waals surface area contributed by atoms with Gasteiger partial charge in [-0.3, -0.25) is 0 Å². The fourth-order valence-electron chi connectivity index (χ4n) is 1.92. The lowest BCUT2D eigenvalue weighted by molar-refractivity contribution is 0.000511. The van der Waals surface area contributed by atoms with Crippen molar-refractivity contribution in [3.8, 4) is 0 Å². The molecular formula is C12H19NO. The summed E-state index contributed by atoms with van der Waals surface area (Å²) in [6, 6.07) is 0. The third kappa shape index (κ3) is 2.61. The van der Waals surface area contributed by atoms with Gasteiger partial charge in [0.25, 0.3) is 0 Å². The van der Waals surface area contributed by atoms with Crippen molar-refractivity contribution >= 4 is 0 Å². The molecule has 78 valence electrons. The highest BCUT2D eigenvalue weighted by Gasteiger charge is 2.14. The average Bonchev–Trinajstić information content (AvgIpc) is 2.23. The lowest BCUT2D eigenvalue weighted by Gasteiger charge is -2.26. The number of hydrogen-bond donors (Lipinski definition) is 1. The molecule has 0 spiro atoms. The Labute approximate surface area is 86.0 Å². The zero-order valence-corrected chi connectivity index (χ0v) is 8.88. The van der Waals surface area contributed by atoms with Crippen molar-refractivity contribution in [3.05, 3.63) is 23.4 Å². The van der Waals surface area contributed by atoms with E-state index in [1.807, 2.05) is 0 Å². The van der Waals surface area contributed by atoms with Gasteiger partial charge in [0.15, 0.2) is 0 Å². The van der Waals surface area contributed by atoms with Gasteiger partial charge in [-0.05, 0) is 45.1 Å². The highest BCUT2D eigenvalue weighted by atomic mass is 16.5. The molecule has 1 aliphatic heterocycles. The Morgan fingerprint density at radius 2 is 2.21 bits per heavy atom. The molecule has 2 rings (SSSR count). The molecule has 1 N–H and O–H groups in total. The zero-order valence-electron chi connectivity index (χ0n) is 8.88. The van der Waals surface area contributed by atoms with Gasteiger partial charge in [-0.1, -0.05) is 11.6 Å². The molecule has 0 bridgehead atoms. The second-order valence-corrected chi connectivity index (χ2v) is 4.20. The van der Waals surface area contributed by atoms with Crippen LogP contribution in [0, 0.1) is 0 Å². The van der Waals surface area contributed by atoms with Crippen molar-refractivity contribution in [2.45, 2.75) is 45.3 Å². The Balaban J connectivity index is 1.84. The normalized spacial score (nSPS) is 27.9. The predicted molar refractivity (Wildman–Crippen MR) is 57.8 cm³/mol. The molecular weight excluding hydrogens is 174 g/mol. The second kappa shape index (κ2) is 4.65. The van der Waals surface area contributed by atoms with Gasteiger partial charge in [0.2, 0.25) is 0 Å². The van der Waals surface area contributed by atoms with Crippen molar-refractivity contribution in [3.63, 3.8) is 0 Å². The van der Waals surface area contributed by atoms with E-state index in [4.69, 9.17) is 4.74 Å². The number of ether oxygens (including phenoxy) is 1. The van der Waals surface area contributed by atoms with Crippen LogP contribution in [0.15, 0.2) is 23.4 Å². The molecule has 2 aliphatic rings. The Hall–Kier alpha value is -0.760. The van der Waals surface area contributed by atoms with Crippen LogP contribution in [0.2, 0.25) is 0 Å². The van der Waals surface area contributed by atoms with Crippen LogP contribution < -0.4 is 5.32 Å². The Kier molecular flexibility index (Phi) is 3.25. The van der Waals surface area contributed by atoms with Gasteiger partial charge in [0, 0.05) is 12.3 Å². The van der Waals surface area contributed by atoms with Crippen molar-refractivity contribution < 1.29 is 4.74 Å². The lowest BCUT2D eigenvalue weighted by Crippen LogP contribution is -2.34. The standard InChI is InChI=1S/C12H19NO/c1-10-5-7-11(8-6-10)13-12-4-2-3-9-14-12/h5,7,12-13H,2-4,6,8-9H2,1H3. The average molecular weight is 193 g/mol. The largest absolute Gasteiger partial charge is 0.364 e. The summed E-state index contributed by atoms with van der Waals surface area (Å²) in [6.07, 6.45) is 10.6. The van der Waals surface area contributed by atoms with Crippen LogP contribution in [0.1, 0.15) is 39.0 Å². The molecule has 1 unspecified atom stereocenters. The molecule has 1 aliphatic carbocycles. The van der Waals surface area contributed by atoms with Gasteiger partial charge >= 0.3 is 0 Å². The summed E-state index contributed by atoms with van der Waals surface area (Å²) in [5, 5.41) is 3.47. The molecule has 0 radical (unpaired) electrons. The molecule has 14 heavy (non-hydrogen) atoms. The number of rotatable bonds is 2. The molecule has 0 aromatic rings. The first-order valence-electron chi connectivity index (χ1n) is 5.59. The maximum absolute atomic E-state index is 5.63. The van der Waals surface area contributed by atoms with Crippen molar-refractivity contribution in [2.24, 2.45) is 0 Å². The van der Waals surface area contributed by atoms with Crippen LogP contribution in [-0.4, -0.2) is 12.8 Å². The Morgan fingerprint density at radius 1 is 1.29 bits per heavy atom. The lowest BCUT2D eigenvalue weighted by atomic mass is 10.0. The SMILES string of the molecule is CC1=CC=C(NC2CCCCO2)CC1. The molecule has 0 amide bonds. The monoisotopic (exact) mass is 193 g/mol. The summed E-state index contributed by atoms with van der Waals surface area (Å²) in [4.78, 5) is 0. The third-order valence-electron chi connectivity index (χ3n) is 2.88. The number of nitrogens with one attached hydrogen (secondary N) is 1. The molecule has 1 atom stereocenters. The molecule has 1 saturated heterocycles. The first-order chi connectivity index (χ1) is 6.84. The van der Waals surface area contributed by atoms with Gasteiger partial charge in [-0.25, -0.2) is 0 Å². The summed E-state index contributed by atoms with van der Waals surface area (Å²) < 4.78 is 5.63. The summed E-state index contributed by atoms with van der Waals surface area (Å²) in [7, 11) is 0. The summed E-state index contributed by atoms with van der Waals surface area (Å²) >= 11 is 0. The molecule has 1 heterocycles. The molecule has 2 nitrogen and oxygen atoms in total. The van der Waals surface area contributed by atoms with E-state index in [9.17, 15) is 0 Å². The predicted octanol–water partition coefficient (Wildman–Crippen LogP) is 2.73. The van der Waals surface area contributed by atoms with Crippen LogP contribution in [0.4, 0.5) is 0 Å². The molecule has 2 heteroatoms. The Bertz CT molecular complexity index is 249. The number of allylic oxidation sites excluding steroid dienone is 4. The minimum absolute atomic E-state index is 0.266. The van der Waals surface area contributed by atoms with E-state index >= 15 is 0 Å². The van der Waals surface area contributed by atoms with Gasteiger partial charge in [0.1, 0.15) is 6.23 Å². The van der Waals surface area contributed by atoms with Crippen molar-refractivity contribution in [1.29, 1.82) is 0 Å². The van der Waals surface area contributed by atoms with E-state index < -0.39 is 0 Å². The molecule has 1 fully saturated rings. The topological polar surface area (TPSA) is 21.3 Å². The van der Waals surface area contributed by atoms with Crippen molar-refractivity contribution in [2.75, 3.05) is 6.61 Å². The van der Waals surface area contributed by atoms with Gasteiger partial charge in [-0.15, -0.1) is 0 Å². The van der Waals surface area contributed by atoms with Crippen LogP contribution in [0.3, 0.4) is 0 Å². The second-order valence-electron chi connectivity index (χ2n) is 4.20. The highest BCUT2D eigenvalue weighted by Crippen LogP contribution is 2.18. The Morgan fingerprint density at radius 3 is 2.86 bits per heavy atom. The fourth-order valence-corrected chi connectivity index (χ4v) is 1.92. The maximum atomic E-state index is 5.63. The van der Waals surface area contributed by atoms with E-state index in [1.165, 1.54) is 30.5 Å². The first kappa shape index (κ1) is 9.78. The van der Waals surface area contributed by atoms with Crippen LogP contribution >= 0.6 is 0 Å². The van der Waals surface area contributed by atoms with Gasteiger partial charge in [0.05, 0.1) is 0 Å². The fraction of sp³-hybridized carbons (Fsp3) is 0.667. The van der Waals surface area contributed by atoms with Gasteiger partial charge < -0.3 is 10.1 Å². The quantitative estimate of drug-likeness (QED) is 0.728. The molecule has 0 aromatic carbocycles. The van der Waals surface area contributed by atoms with Crippen LogP contribution in [0.5, 0.6) is 0 Å². The smallest absolute Gasteiger partial charge is 0.127 e.